The van der Waals surface area contributed by atoms with Gasteiger partial charge < -0.3 is 9.80 Å². The van der Waals surface area contributed by atoms with Crippen molar-refractivity contribution in [3.8, 4) is 0 Å². The van der Waals surface area contributed by atoms with Gasteiger partial charge in [-0.2, -0.15) is 0 Å². The SMILES string of the molecule is CN1C/C(=C\c2ccc(F)cc2)C(=O)[C@@]2(C1)[C@H](c1ccc(F)cc1)CN(C)[C@]21C(=O)N(C)c2ccccc21. The average Bonchev–Trinajstić information content (AvgIpc) is 3.29. The number of piperidine rings is 1. The number of likely N-dealkylation sites (tertiary alicyclic amines) is 2. The molecule has 3 aliphatic rings. The summed E-state index contributed by atoms with van der Waals surface area (Å²) >= 11 is 0. The number of nitrogens with zero attached hydrogens (tertiary/aromatic N) is 3. The van der Waals surface area contributed by atoms with Crippen molar-refractivity contribution < 1.29 is 18.4 Å². The van der Waals surface area contributed by atoms with Crippen LogP contribution in [0.2, 0.25) is 0 Å². The molecule has 7 heteroatoms. The number of carbonyl (C=O) groups excluding carboxylic acids is 2. The molecule has 0 aliphatic carbocycles. The molecule has 5 nitrogen and oxygen atoms in total. The molecule has 2 fully saturated rings. The number of amides is 1. The first-order valence-electron chi connectivity index (χ1n) is 12.7. The van der Waals surface area contributed by atoms with Crippen LogP contribution in [0.5, 0.6) is 0 Å². The van der Waals surface area contributed by atoms with E-state index >= 15 is 0 Å². The highest BCUT2D eigenvalue weighted by Crippen LogP contribution is 2.65. The van der Waals surface area contributed by atoms with E-state index in [0.717, 1.165) is 16.8 Å². The second-order valence-electron chi connectivity index (χ2n) is 10.8. The van der Waals surface area contributed by atoms with E-state index in [1.807, 2.05) is 49.3 Å². The summed E-state index contributed by atoms with van der Waals surface area (Å²) in [5.74, 6) is -1.31. The van der Waals surface area contributed by atoms with Crippen molar-refractivity contribution in [2.24, 2.45) is 5.41 Å². The van der Waals surface area contributed by atoms with Crippen LogP contribution in [0.3, 0.4) is 0 Å². The van der Waals surface area contributed by atoms with Gasteiger partial charge in [0, 0.05) is 49.4 Å². The predicted molar refractivity (Wildman–Crippen MR) is 143 cm³/mol. The monoisotopic (exact) mass is 513 g/mol. The molecule has 1 amide bonds. The molecule has 0 saturated carbocycles. The number of Topliss-reactive ketones (excluding diaryl/α,β-unsaturated/α-hetero) is 1. The largest absolute Gasteiger partial charge is 0.313 e. The number of ketones is 1. The number of halogens is 2. The molecule has 2 saturated heterocycles. The van der Waals surface area contributed by atoms with E-state index in [-0.39, 0.29) is 29.2 Å². The zero-order chi connectivity index (χ0) is 26.8. The zero-order valence-corrected chi connectivity index (χ0v) is 21.6. The van der Waals surface area contributed by atoms with Crippen LogP contribution in [-0.4, -0.2) is 62.3 Å². The summed E-state index contributed by atoms with van der Waals surface area (Å²) in [7, 11) is 5.62. The van der Waals surface area contributed by atoms with Gasteiger partial charge in [0.1, 0.15) is 17.2 Å². The molecule has 0 N–H and O–H groups in total. The summed E-state index contributed by atoms with van der Waals surface area (Å²) in [5, 5.41) is 0. The lowest BCUT2D eigenvalue weighted by Gasteiger charge is -2.51. The summed E-state index contributed by atoms with van der Waals surface area (Å²) < 4.78 is 27.6. The highest BCUT2D eigenvalue weighted by atomic mass is 19.1. The second kappa shape index (κ2) is 8.68. The molecule has 0 aromatic heterocycles. The smallest absolute Gasteiger partial charge is 0.253 e. The first kappa shape index (κ1) is 24.6. The van der Waals surface area contributed by atoms with E-state index in [0.29, 0.717) is 30.8 Å². The molecule has 3 aromatic rings. The number of likely N-dealkylation sites (N-methyl/N-ethyl adjacent to an activating group) is 3. The Bertz CT molecular complexity index is 1470. The van der Waals surface area contributed by atoms with Gasteiger partial charge in [-0.05, 0) is 61.6 Å². The van der Waals surface area contributed by atoms with Crippen LogP contribution in [0.4, 0.5) is 14.5 Å². The first-order valence-corrected chi connectivity index (χ1v) is 12.7. The van der Waals surface area contributed by atoms with Crippen LogP contribution in [0.15, 0.2) is 78.4 Å². The van der Waals surface area contributed by atoms with Gasteiger partial charge in [0.25, 0.3) is 5.91 Å². The third-order valence-corrected chi connectivity index (χ3v) is 8.68. The van der Waals surface area contributed by atoms with Gasteiger partial charge in [-0.15, -0.1) is 0 Å². The Morgan fingerprint density at radius 3 is 2.18 bits per heavy atom. The minimum atomic E-state index is -1.24. The van der Waals surface area contributed by atoms with E-state index in [2.05, 4.69) is 4.90 Å². The van der Waals surface area contributed by atoms with Crippen LogP contribution >= 0.6 is 0 Å². The van der Waals surface area contributed by atoms with E-state index in [1.54, 1.807) is 36.2 Å². The normalized spacial score (nSPS) is 28.7. The van der Waals surface area contributed by atoms with Crippen molar-refractivity contribution in [2.45, 2.75) is 11.5 Å². The summed E-state index contributed by atoms with van der Waals surface area (Å²) in [6.07, 6.45) is 1.81. The number of anilines is 1. The molecular formula is C31H29F2N3O2. The second-order valence-corrected chi connectivity index (χ2v) is 10.8. The average molecular weight is 514 g/mol. The fourth-order valence-electron chi connectivity index (χ4n) is 7.20. The molecule has 0 bridgehead atoms. The topological polar surface area (TPSA) is 43.9 Å². The third kappa shape index (κ3) is 3.21. The van der Waals surface area contributed by atoms with Gasteiger partial charge in [0.15, 0.2) is 5.78 Å². The first-order chi connectivity index (χ1) is 18.2. The maximum atomic E-state index is 14.9. The van der Waals surface area contributed by atoms with Crippen molar-refractivity contribution in [1.29, 1.82) is 0 Å². The van der Waals surface area contributed by atoms with Crippen LogP contribution in [0.1, 0.15) is 22.6 Å². The van der Waals surface area contributed by atoms with Gasteiger partial charge in [-0.25, -0.2) is 8.78 Å². The van der Waals surface area contributed by atoms with Crippen LogP contribution in [0, 0.1) is 17.0 Å². The van der Waals surface area contributed by atoms with E-state index in [4.69, 9.17) is 0 Å². The summed E-state index contributed by atoms with van der Waals surface area (Å²) in [6.45, 7) is 1.20. The minimum Gasteiger partial charge on any atom is -0.313 e. The van der Waals surface area contributed by atoms with E-state index in [1.165, 1.54) is 24.3 Å². The van der Waals surface area contributed by atoms with Crippen molar-refractivity contribution in [2.75, 3.05) is 45.7 Å². The van der Waals surface area contributed by atoms with Gasteiger partial charge in [-0.1, -0.05) is 42.5 Å². The Labute approximate surface area is 221 Å². The summed E-state index contributed by atoms with van der Waals surface area (Å²) in [4.78, 5) is 35.2. The van der Waals surface area contributed by atoms with Crippen LogP contribution in [0.25, 0.3) is 6.08 Å². The lowest BCUT2D eigenvalue weighted by atomic mass is 9.56. The fourth-order valence-corrected chi connectivity index (χ4v) is 7.20. The van der Waals surface area contributed by atoms with Crippen LogP contribution < -0.4 is 4.90 Å². The standard InChI is InChI=1S/C31H29F2N3O2/c1-34-17-22(16-20-8-12-23(32)13-9-20)28(37)30(19-34)26(21-10-14-24(33)15-11-21)18-35(2)31(30)25-6-4-5-7-27(25)36(3)29(31)38/h4-16,26H,17-19H2,1-3H3/b22-16+/t26-,30+,31+/m0/s1. The van der Waals surface area contributed by atoms with Gasteiger partial charge in [0.2, 0.25) is 0 Å². The quantitative estimate of drug-likeness (QED) is 0.475. The Kier molecular flexibility index (Phi) is 5.63. The molecule has 2 spiro atoms. The number of hydrogen-bond donors (Lipinski definition) is 0. The Balaban J connectivity index is 1.63. The van der Waals surface area contributed by atoms with E-state index in [9.17, 15) is 18.4 Å². The number of benzene rings is 3. The molecule has 194 valence electrons. The number of hydrogen-bond acceptors (Lipinski definition) is 4. The highest BCUT2D eigenvalue weighted by molar-refractivity contribution is 6.16. The van der Waals surface area contributed by atoms with Crippen molar-refractivity contribution >= 4 is 23.5 Å². The van der Waals surface area contributed by atoms with Crippen LogP contribution in [-0.2, 0) is 15.1 Å². The molecule has 3 heterocycles. The van der Waals surface area contributed by atoms with Crippen molar-refractivity contribution in [1.82, 2.24) is 9.80 Å². The van der Waals surface area contributed by atoms with Gasteiger partial charge >= 0.3 is 0 Å². The van der Waals surface area contributed by atoms with E-state index < -0.39 is 11.0 Å². The lowest BCUT2D eigenvalue weighted by Crippen LogP contribution is -2.65. The Morgan fingerprint density at radius 1 is 0.868 bits per heavy atom. The Morgan fingerprint density at radius 2 is 1.50 bits per heavy atom. The summed E-state index contributed by atoms with van der Waals surface area (Å²) in [5.41, 5.74) is 1.26. The minimum absolute atomic E-state index is 0.1000. The molecule has 3 aromatic carbocycles. The molecule has 38 heavy (non-hydrogen) atoms. The predicted octanol–water partition coefficient (Wildman–Crippen LogP) is 4.45. The summed E-state index contributed by atoms with van der Waals surface area (Å²) in [6, 6.07) is 20.0. The number of rotatable bonds is 2. The molecule has 0 radical (unpaired) electrons. The van der Waals surface area contributed by atoms with Crippen molar-refractivity contribution in [3.05, 3.63) is 107 Å². The number of fused-ring (bicyclic) bond motifs is 3. The van der Waals surface area contributed by atoms with Gasteiger partial charge in [-0.3, -0.25) is 14.5 Å². The number of carbonyl (C=O) groups is 2. The zero-order valence-electron chi connectivity index (χ0n) is 21.6. The maximum absolute atomic E-state index is 14.9. The number of para-hydroxylation sites is 1. The lowest BCUT2D eigenvalue weighted by molar-refractivity contribution is -0.147. The van der Waals surface area contributed by atoms with Crippen molar-refractivity contribution in [3.63, 3.8) is 0 Å². The third-order valence-electron chi connectivity index (χ3n) is 8.68. The molecular weight excluding hydrogens is 484 g/mol. The Hall–Kier alpha value is -3.68. The molecule has 6 rings (SSSR count). The maximum Gasteiger partial charge on any atom is 0.253 e. The van der Waals surface area contributed by atoms with Gasteiger partial charge in [0.05, 0.1) is 5.41 Å². The molecule has 0 unspecified atom stereocenters. The molecule has 3 aliphatic heterocycles. The molecule has 3 atom stereocenters. The highest BCUT2D eigenvalue weighted by Gasteiger charge is 2.75. The fraction of sp³-hybridized carbons (Fsp3) is 0.290.